The summed E-state index contributed by atoms with van der Waals surface area (Å²) < 4.78 is 38.0. The number of anilines is 2. The summed E-state index contributed by atoms with van der Waals surface area (Å²) in [6.45, 7) is 7.30. The minimum atomic E-state index is -4.31. The van der Waals surface area contributed by atoms with E-state index in [-0.39, 0.29) is 0 Å². The van der Waals surface area contributed by atoms with Crippen LogP contribution in [0.4, 0.5) is 24.5 Å². The molecule has 0 aliphatic carbocycles. The molecule has 0 spiro atoms. The molecule has 0 aliphatic heterocycles. The van der Waals surface area contributed by atoms with Gasteiger partial charge in [-0.2, -0.15) is 13.2 Å². The summed E-state index contributed by atoms with van der Waals surface area (Å²) in [7, 11) is 0. The molecule has 0 fully saturated rings. The van der Waals surface area contributed by atoms with Crippen LogP contribution >= 0.6 is 0 Å². The van der Waals surface area contributed by atoms with Crippen LogP contribution in [0, 0.1) is 20.8 Å². The van der Waals surface area contributed by atoms with Crippen LogP contribution in [0.5, 0.6) is 0 Å². The third kappa shape index (κ3) is 4.65. The molecular formula is C18H21F3N2. The highest BCUT2D eigenvalue weighted by molar-refractivity contribution is 5.58. The molecule has 2 aromatic rings. The molecule has 0 saturated heterocycles. The van der Waals surface area contributed by atoms with Crippen molar-refractivity contribution in [2.24, 2.45) is 0 Å². The number of hydrogen-bond acceptors (Lipinski definition) is 2. The zero-order chi connectivity index (χ0) is 17.0. The number of alkyl halides is 3. The Bertz CT molecular complexity index is 655. The normalized spacial score (nSPS) is 11.4. The van der Waals surface area contributed by atoms with Gasteiger partial charge in [-0.1, -0.05) is 23.8 Å². The van der Waals surface area contributed by atoms with Crippen LogP contribution in [0.25, 0.3) is 0 Å². The highest BCUT2D eigenvalue weighted by Gasteiger charge is 2.30. The first-order valence-corrected chi connectivity index (χ1v) is 7.50. The molecule has 5 heteroatoms. The monoisotopic (exact) mass is 322 g/mol. The topological polar surface area (TPSA) is 24.1 Å². The fourth-order valence-corrected chi connectivity index (χ4v) is 2.66. The van der Waals surface area contributed by atoms with E-state index in [2.05, 4.69) is 29.7 Å². The molecule has 0 heterocycles. The Morgan fingerprint density at radius 1 is 0.870 bits per heavy atom. The van der Waals surface area contributed by atoms with E-state index in [1.165, 1.54) is 22.8 Å². The fourth-order valence-electron chi connectivity index (χ4n) is 2.66. The van der Waals surface area contributed by atoms with E-state index < -0.39 is 11.7 Å². The molecule has 0 aromatic heterocycles. The minimum absolute atomic E-state index is 0.471. The van der Waals surface area contributed by atoms with Crippen molar-refractivity contribution in [1.82, 2.24) is 0 Å². The fraction of sp³-hybridized carbons (Fsp3) is 0.333. The zero-order valence-electron chi connectivity index (χ0n) is 13.5. The minimum Gasteiger partial charge on any atom is -0.383 e. The molecule has 0 radical (unpaired) electrons. The number of rotatable bonds is 5. The molecule has 2 nitrogen and oxygen atoms in total. The van der Waals surface area contributed by atoms with E-state index in [1.807, 2.05) is 13.8 Å². The van der Waals surface area contributed by atoms with Crippen molar-refractivity contribution in [3.05, 3.63) is 58.7 Å². The van der Waals surface area contributed by atoms with Gasteiger partial charge in [0.15, 0.2) is 0 Å². The largest absolute Gasteiger partial charge is 0.416 e. The van der Waals surface area contributed by atoms with Crippen molar-refractivity contribution >= 4 is 11.4 Å². The molecule has 0 aliphatic rings. The van der Waals surface area contributed by atoms with Crippen molar-refractivity contribution in [2.75, 3.05) is 23.7 Å². The summed E-state index contributed by atoms with van der Waals surface area (Å²) in [4.78, 5) is 0. The number of benzene rings is 2. The molecule has 2 N–H and O–H groups in total. The third-order valence-electron chi connectivity index (χ3n) is 3.62. The number of halogens is 3. The second-order valence-electron chi connectivity index (χ2n) is 5.71. The van der Waals surface area contributed by atoms with Crippen LogP contribution in [0.3, 0.4) is 0 Å². The molecule has 0 bridgehead atoms. The first-order valence-electron chi connectivity index (χ1n) is 7.50. The molecule has 0 saturated carbocycles. The third-order valence-corrected chi connectivity index (χ3v) is 3.62. The van der Waals surface area contributed by atoms with Gasteiger partial charge in [-0.25, -0.2) is 0 Å². The molecular weight excluding hydrogens is 301 g/mol. The van der Waals surface area contributed by atoms with Gasteiger partial charge in [0.2, 0.25) is 0 Å². The molecule has 23 heavy (non-hydrogen) atoms. The van der Waals surface area contributed by atoms with Gasteiger partial charge in [-0.15, -0.1) is 0 Å². The van der Waals surface area contributed by atoms with E-state index >= 15 is 0 Å². The first kappa shape index (κ1) is 17.2. The van der Waals surface area contributed by atoms with Crippen LogP contribution in [-0.4, -0.2) is 13.1 Å². The van der Waals surface area contributed by atoms with E-state index in [1.54, 1.807) is 6.07 Å². The van der Waals surface area contributed by atoms with Gasteiger partial charge < -0.3 is 10.6 Å². The molecule has 2 rings (SSSR count). The molecule has 124 valence electrons. The van der Waals surface area contributed by atoms with Crippen molar-refractivity contribution in [3.8, 4) is 0 Å². The summed E-state index contributed by atoms with van der Waals surface area (Å²) in [5.74, 6) is 0. The number of nitrogens with one attached hydrogen (secondary N) is 2. The van der Waals surface area contributed by atoms with Crippen LogP contribution in [-0.2, 0) is 6.18 Å². The standard InChI is InChI=1S/C18H21F3N2/c1-12-9-13(2)17(14(3)10-12)23-8-7-22-16-6-4-5-15(11-16)18(19,20)21/h4-6,9-11,22-23H,7-8H2,1-3H3. The van der Waals surface area contributed by atoms with E-state index in [0.717, 1.165) is 17.8 Å². The van der Waals surface area contributed by atoms with Crippen LogP contribution in [0.2, 0.25) is 0 Å². The van der Waals surface area contributed by atoms with Gasteiger partial charge in [0.05, 0.1) is 5.56 Å². The molecule has 0 atom stereocenters. The summed E-state index contributed by atoms with van der Waals surface area (Å²) in [6, 6.07) is 9.46. The SMILES string of the molecule is Cc1cc(C)c(NCCNc2cccc(C(F)(F)F)c2)c(C)c1. The van der Waals surface area contributed by atoms with E-state index in [0.29, 0.717) is 18.8 Å². The summed E-state index contributed by atoms with van der Waals surface area (Å²) in [6.07, 6.45) is -4.31. The van der Waals surface area contributed by atoms with Gasteiger partial charge in [0.25, 0.3) is 0 Å². The average molecular weight is 322 g/mol. The lowest BCUT2D eigenvalue weighted by atomic mass is 10.1. The molecule has 2 aromatic carbocycles. The lowest BCUT2D eigenvalue weighted by molar-refractivity contribution is -0.137. The zero-order valence-corrected chi connectivity index (χ0v) is 13.5. The van der Waals surface area contributed by atoms with Crippen molar-refractivity contribution in [1.29, 1.82) is 0 Å². The summed E-state index contributed by atoms with van der Waals surface area (Å²) in [5.41, 5.74) is 4.47. The quantitative estimate of drug-likeness (QED) is 0.744. The van der Waals surface area contributed by atoms with Gasteiger partial charge in [0.1, 0.15) is 0 Å². The van der Waals surface area contributed by atoms with Crippen LogP contribution in [0.15, 0.2) is 36.4 Å². The summed E-state index contributed by atoms with van der Waals surface area (Å²) >= 11 is 0. The number of hydrogen-bond donors (Lipinski definition) is 2. The average Bonchev–Trinajstić information content (AvgIpc) is 2.45. The van der Waals surface area contributed by atoms with Gasteiger partial charge in [-0.3, -0.25) is 0 Å². The van der Waals surface area contributed by atoms with Crippen LogP contribution in [0.1, 0.15) is 22.3 Å². The highest BCUT2D eigenvalue weighted by Crippen LogP contribution is 2.30. The Hall–Kier alpha value is -2.17. The lowest BCUT2D eigenvalue weighted by Crippen LogP contribution is -2.15. The maximum absolute atomic E-state index is 12.7. The van der Waals surface area contributed by atoms with Crippen molar-refractivity contribution in [2.45, 2.75) is 26.9 Å². The highest BCUT2D eigenvalue weighted by atomic mass is 19.4. The second-order valence-corrected chi connectivity index (χ2v) is 5.71. The molecule has 0 amide bonds. The number of aryl methyl sites for hydroxylation is 3. The maximum Gasteiger partial charge on any atom is 0.416 e. The lowest BCUT2D eigenvalue weighted by Gasteiger charge is -2.15. The first-order chi connectivity index (χ1) is 10.8. The van der Waals surface area contributed by atoms with Crippen molar-refractivity contribution < 1.29 is 13.2 Å². The van der Waals surface area contributed by atoms with Crippen molar-refractivity contribution in [3.63, 3.8) is 0 Å². The smallest absolute Gasteiger partial charge is 0.383 e. The summed E-state index contributed by atoms with van der Waals surface area (Å²) in [5, 5.41) is 6.35. The maximum atomic E-state index is 12.7. The van der Waals surface area contributed by atoms with Gasteiger partial charge in [0, 0.05) is 24.5 Å². The second kappa shape index (κ2) is 6.94. The predicted molar refractivity (Wildman–Crippen MR) is 89.1 cm³/mol. The Morgan fingerprint density at radius 3 is 2.09 bits per heavy atom. The predicted octanol–water partition coefficient (Wildman–Crippen LogP) is 5.15. The van der Waals surface area contributed by atoms with Gasteiger partial charge in [-0.05, 0) is 50.1 Å². The Balaban J connectivity index is 1.91. The van der Waals surface area contributed by atoms with E-state index in [4.69, 9.17) is 0 Å². The Labute approximate surface area is 134 Å². The van der Waals surface area contributed by atoms with Crippen LogP contribution < -0.4 is 10.6 Å². The Kier molecular flexibility index (Phi) is 5.19. The Morgan fingerprint density at radius 2 is 1.48 bits per heavy atom. The van der Waals surface area contributed by atoms with Gasteiger partial charge >= 0.3 is 6.18 Å². The molecule has 0 unspecified atom stereocenters. The van der Waals surface area contributed by atoms with E-state index in [9.17, 15) is 13.2 Å².